The maximum atomic E-state index is 13.3. The summed E-state index contributed by atoms with van der Waals surface area (Å²) in [6, 6.07) is 4.42. The normalized spacial score (nSPS) is 32.7. The minimum absolute atomic E-state index is 0.173. The van der Waals surface area contributed by atoms with Gasteiger partial charge < -0.3 is 15.2 Å². The van der Waals surface area contributed by atoms with Gasteiger partial charge in [-0.3, -0.25) is 0 Å². The van der Waals surface area contributed by atoms with Gasteiger partial charge in [-0.15, -0.1) is 0 Å². The maximum Gasteiger partial charge on any atom is 0.125 e. The van der Waals surface area contributed by atoms with Crippen molar-refractivity contribution in [1.82, 2.24) is 0 Å². The number of hydrogen-bond donors (Lipinski definition) is 1. The minimum Gasteiger partial charge on any atom is -0.487 e. The van der Waals surface area contributed by atoms with Crippen molar-refractivity contribution in [3.8, 4) is 5.75 Å². The van der Waals surface area contributed by atoms with E-state index in [0.717, 1.165) is 30.6 Å². The van der Waals surface area contributed by atoms with Gasteiger partial charge in [0, 0.05) is 30.9 Å². The van der Waals surface area contributed by atoms with Crippen LogP contribution in [-0.4, -0.2) is 17.8 Å². The lowest BCUT2D eigenvalue weighted by Crippen LogP contribution is -2.52. The Kier molecular flexibility index (Phi) is 2.84. The van der Waals surface area contributed by atoms with Crippen LogP contribution in [0.5, 0.6) is 5.75 Å². The number of rotatable bonds is 0. The van der Waals surface area contributed by atoms with E-state index in [2.05, 4.69) is 13.8 Å². The Balaban J connectivity index is 1.94. The van der Waals surface area contributed by atoms with Crippen LogP contribution < -0.4 is 10.5 Å². The topological polar surface area (TPSA) is 44.5 Å². The van der Waals surface area contributed by atoms with Gasteiger partial charge in [-0.2, -0.15) is 0 Å². The zero-order valence-electron chi connectivity index (χ0n) is 11.4. The first-order valence-electron chi connectivity index (χ1n) is 6.77. The highest BCUT2D eigenvalue weighted by atomic mass is 19.1. The van der Waals surface area contributed by atoms with Crippen molar-refractivity contribution < 1.29 is 13.9 Å². The van der Waals surface area contributed by atoms with E-state index in [-0.39, 0.29) is 23.1 Å². The predicted molar refractivity (Wildman–Crippen MR) is 70.6 cm³/mol. The van der Waals surface area contributed by atoms with Gasteiger partial charge in [0.25, 0.3) is 0 Å². The fraction of sp³-hybridized carbons (Fsp3) is 0.600. The predicted octanol–water partition coefficient (Wildman–Crippen LogP) is 2.94. The second-order valence-electron chi connectivity index (χ2n) is 6.31. The Morgan fingerprint density at radius 2 is 2.16 bits per heavy atom. The SMILES string of the molecule is CC1(C)CC2(CCO1)C[C@H](N)c1cc(F)ccc1O2. The minimum atomic E-state index is -0.272. The van der Waals surface area contributed by atoms with Crippen LogP contribution in [0, 0.1) is 5.82 Å². The number of nitrogens with two attached hydrogens (primary N) is 1. The van der Waals surface area contributed by atoms with Gasteiger partial charge in [-0.25, -0.2) is 4.39 Å². The molecule has 1 fully saturated rings. The molecule has 2 aliphatic rings. The van der Waals surface area contributed by atoms with Crippen LogP contribution in [0.4, 0.5) is 4.39 Å². The van der Waals surface area contributed by atoms with E-state index in [9.17, 15) is 4.39 Å². The van der Waals surface area contributed by atoms with Crippen LogP contribution in [0.15, 0.2) is 18.2 Å². The summed E-state index contributed by atoms with van der Waals surface area (Å²) < 4.78 is 25.2. The first kappa shape index (κ1) is 12.9. The Hall–Kier alpha value is -1.13. The lowest BCUT2D eigenvalue weighted by atomic mass is 9.77. The summed E-state index contributed by atoms with van der Waals surface area (Å²) in [4.78, 5) is 0. The molecule has 3 nitrogen and oxygen atoms in total. The third-order valence-electron chi connectivity index (χ3n) is 4.09. The molecule has 0 amide bonds. The molecule has 1 unspecified atom stereocenters. The summed E-state index contributed by atoms with van der Waals surface area (Å²) in [5.41, 5.74) is 6.52. The van der Waals surface area contributed by atoms with E-state index in [4.69, 9.17) is 15.2 Å². The molecule has 2 heterocycles. The molecule has 0 saturated carbocycles. The standard InChI is InChI=1S/C15H20FNO2/c1-14(2)9-15(5-6-18-14)8-12(17)11-7-10(16)3-4-13(11)19-15/h3-4,7,12H,5-6,8-9,17H2,1-2H3/t12-,15?/m0/s1. The summed E-state index contributed by atoms with van der Waals surface area (Å²) in [6.45, 7) is 4.82. The van der Waals surface area contributed by atoms with Crippen LogP contribution in [0.2, 0.25) is 0 Å². The fourth-order valence-corrected chi connectivity index (χ4v) is 3.38. The summed E-state index contributed by atoms with van der Waals surface area (Å²) in [6.07, 6.45) is 2.36. The first-order chi connectivity index (χ1) is 8.89. The smallest absolute Gasteiger partial charge is 0.125 e. The molecule has 2 aliphatic heterocycles. The highest BCUT2D eigenvalue weighted by Crippen LogP contribution is 2.46. The average Bonchev–Trinajstić information content (AvgIpc) is 2.29. The zero-order chi connectivity index (χ0) is 13.7. The fourth-order valence-electron chi connectivity index (χ4n) is 3.38. The van der Waals surface area contributed by atoms with Crippen molar-refractivity contribution >= 4 is 0 Å². The maximum absolute atomic E-state index is 13.3. The van der Waals surface area contributed by atoms with Gasteiger partial charge >= 0.3 is 0 Å². The molecule has 1 spiro atoms. The quantitative estimate of drug-likeness (QED) is 0.784. The van der Waals surface area contributed by atoms with Crippen LogP contribution in [0.25, 0.3) is 0 Å². The molecule has 4 heteroatoms. The molecular weight excluding hydrogens is 245 g/mol. The Labute approximate surface area is 112 Å². The van der Waals surface area contributed by atoms with Crippen molar-refractivity contribution in [3.63, 3.8) is 0 Å². The highest BCUT2D eigenvalue weighted by Gasteiger charge is 2.46. The second kappa shape index (κ2) is 4.18. The van der Waals surface area contributed by atoms with Crippen molar-refractivity contribution in [2.45, 2.75) is 50.4 Å². The first-order valence-corrected chi connectivity index (χ1v) is 6.77. The van der Waals surface area contributed by atoms with E-state index >= 15 is 0 Å². The Morgan fingerprint density at radius 3 is 2.89 bits per heavy atom. The van der Waals surface area contributed by atoms with Crippen LogP contribution in [-0.2, 0) is 4.74 Å². The molecule has 2 atom stereocenters. The third kappa shape index (κ3) is 2.35. The van der Waals surface area contributed by atoms with E-state index in [0.29, 0.717) is 6.61 Å². The molecule has 2 N–H and O–H groups in total. The molecule has 1 aromatic carbocycles. The molecule has 0 bridgehead atoms. The van der Waals surface area contributed by atoms with Gasteiger partial charge in [0.1, 0.15) is 17.2 Å². The van der Waals surface area contributed by atoms with Gasteiger partial charge in [0.05, 0.1) is 12.2 Å². The molecule has 19 heavy (non-hydrogen) atoms. The molecule has 104 valence electrons. The lowest BCUT2D eigenvalue weighted by molar-refractivity contribution is -0.141. The molecule has 3 rings (SSSR count). The largest absolute Gasteiger partial charge is 0.487 e. The molecule has 0 aromatic heterocycles. The lowest BCUT2D eigenvalue weighted by Gasteiger charge is -2.48. The number of hydrogen-bond acceptors (Lipinski definition) is 3. The molecule has 0 radical (unpaired) electrons. The van der Waals surface area contributed by atoms with Gasteiger partial charge in [0.15, 0.2) is 0 Å². The van der Waals surface area contributed by atoms with Crippen molar-refractivity contribution in [3.05, 3.63) is 29.6 Å². The van der Waals surface area contributed by atoms with Crippen LogP contribution in [0.3, 0.4) is 0 Å². The molecular formula is C15H20FNO2. The number of benzene rings is 1. The van der Waals surface area contributed by atoms with E-state index in [1.54, 1.807) is 6.07 Å². The monoisotopic (exact) mass is 265 g/mol. The van der Waals surface area contributed by atoms with E-state index in [1.165, 1.54) is 12.1 Å². The van der Waals surface area contributed by atoms with Crippen molar-refractivity contribution in [2.75, 3.05) is 6.61 Å². The summed E-state index contributed by atoms with van der Waals surface area (Å²) in [5.74, 6) is 0.457. The van der Waals surface area contributed by atoms with Crippen LogP contribution >= 0.6 is 0 Å². The molecule has 0 aliphatic carbocycles. The van der Waals surface area contributed by atoms with Crippen LogP contribution in [0.1, 0.15) is 44.7 Å². The number of ether oxygens (including phenoxy) is 2. The number of fused-ring (bicyclic) bond motifs is 1. The molecule has 1 saturated heterocycles. The average molecular weight is 265 g/mol. The van der Waals surface area contributed by atoms with Crippen molar-refractivity contribution in [1.29, 1.82) is 0 Å². The zero-order valence-corrected chi connectivity index (χ0v) is 11.4. The van der Waals surface area contributed by atoms with Gasteiger partial charge in [0.2, 0.25) is 0 Å². The second-order valence-corrected chi connectivity index (χ2v) is 6.31. The molecule has 1 aromatic rings. The number of halogens is 1. The van der Waals surface area contributed by atoms with Gasteiger partial charge in [-0.1, -0.05) is 0 Å². The van der Waals surface area contributed by atoms with Gasteiger partial charge in [-0.05, 0) is 32.0 Å². The summed E-state index contributed by atoms with van der Waals surface area (Å²) in [7, 11) is 0. The summed E-state index contributed by atoms with van der Waals surface area (Å²) >= 11 is 0. The van der Waals surface area contributed by atoms with E-state index in [1.807, 2.05) is 0 Å². The van der Waals surface area contributed by atoms with Crippen molar-refractivity contribution in [2.24, 2.45) is 5.73 Å². The third-order valence-corrected chi connectivity index (χ3v) is 4.09. The Morgan fingerprint density at radius 1 is 1.37 bits per heavy atom. The summed E-state index contributed by atoms with van der Waals surface area (Å²) in [5, 5.41) is 0. The Bertz CT molecular complexity index is 503. The van der Waals surface area contributed by atoms with E-state index < -0.39 is 0 Å². The highest BCUT2D eigenvalue weighted by molar-refractivity contribution is 5.39.